The van der Waals surface area contributed by atoms with Crippen LogP contribution in [0.1, 0.15) is 5.56 Å². The van der Waals surface area contributed by atoms with E-state index in [2.05, 4.69) is 21.2 Å². The molecule has 12 heavy (non-hydrogen) atoms. The normalized spacial score (nSPS) is 9.67. The standard InChI is InChI=1S/C7H15N5/c1-5-6(8-2)11-12(10-4)7(5)9-3/h9-10H,1-4H3,(H,8,11). The Kier molecular flexibility index (Phi) is 2.42. The maximum atomic E-state index is 4.25. The smallest absolute Gasteiger partial charge is 0.155 e. The number of nitrogens with one attached hydrogen (secondary N) is 3. The fourth-order valence-electron chi connectivity index (χ4n) is 1.19. The molecular formula is C7H15N5. The van der Waals surface area contributed by atoms with Crippen LogP contribution in [0.4, 0.5) is 11.6 Å². The lowest BCUT2D eigenvalue weighted by Crippen LogP contribution is -2.13. The molecule has 0 saturated carbocycles. The molecule has 68 valence electrons. The molecule has 0 radical (unpaired) electrons. The van der Waals surface area contributed by atoms with E-state index in [-0.39, 0.29) is 0 Å². The van der Waals surface area contributed by atoms with E-state index in [1.165, 1.54) is 0 Å². The SMILES string of the molecule is CNc1nn(NC)c(NC)c1C. The highest BCUT2D eigenvalue weighted by molar-refractivity contribution is 5.58. The fraction of sp³-hybridized carbons (Fsp3) is 0.571. The van der Waals surface area contributed by atoms with Gasteiger partial charge in [0.05, 0.1) is 0 Å². The zero-order valence-electron chi connectivity index (χ0n) is 7.89. The molecule has 1 aromatic rings. The first-order valence-corrected chi connectivity index (χ1v) is 3.87. The summed E-state index contributed by atoms with van der Waals surface area (Å²) in [7, 11) is 5.55. The Labute approximate surface area is 72.1 Å². The second-order valence-electron chi connectivity index (χ2n) is 2.46. The van der Waals surface area contributed by atoms with Crippen LogP contribution >= 0.6 is 0 Å². The predicted molar refractivity (Wildman–Crippen MR) is 51.3 cm³/mol. The zero-order chi connectivity index (χ0) is 9.14. The van der Waals surface area contributed by atoms with Crippen molar-refractivity contribution in [1.29, 1.82) is 0 Å². The fourth-order valence-corrected chi connectivity index (χ4v) is 1.19. The molecule has 5 nitrogen and oxygen atoms in total. The molecule has 0 amide bonds. The van der Waals surface area contributed by atoms with Crippen molar-refractivity contribution in [2.45, 2.75) is 6.92 Å². The summed E-state index contributed by atoms with van der Waals surface area (Å²) in [6.45, 7) is 2.01. The molecule has 0 aliphatic carbocycles. The van der Waals surface area contributed by atoms with Crippen LogP contribution in [0.25, 0.3) is 0 Å². The van der Waals surface area contributed by atoms with Crippen LogP contribution in [-0.2, 0) is 0 Å². The zero-order valence-corrected chi connectivity index (χ0v) is 7.89. The van der Waals surface area contributed by atoms with Gasteiger partial charge < -0.3 is 16.1 Å². The van der Waals surface area contributed by atoms with Gasteiger partial charge in [-0.3, -0.25) is 0 Å². The average molecular weight is 169 g/mol. The van der Waals surface area contributed by atoms with E-state index >= 15 is 0 Å². The van der Waals surface area contributed by atoms with Crippen molar-refractivity contribution in [2.75, 3.05) is 37.2 Å². The minimum Gasteiger partial charge on any atom is -0.371 e. The number of nitrogens with zero attached hydrogens (tertiary/aromatic N) is 2. The number of rotatable bonds is 3. The highest BCUT2D eigenvalue weighted by Gasteiger charge is 2.10. The first-order chi connectivity index (χ1) is 5.74. The lowest BCUT2D eigenvalue weighted by Gasteiger charge is -2.04. The van der Waals surface area contributed by atoms with E-state index in [4.69, 9.17) is 0 Å². The van der Waals surface area contributed by atoms with E-state index in [0.29, 0.717) is 0 Å². The summed E-state index contributed by atoms with van der Waals surface area (Å²) >= 11 is 0. The summed E-state index contributed by atoms with van der Waals surface area (Å²) < 4.78 is 0. The summed E-state index contributed by atoms with van der Waals surface area (Å²) in [6.07, 6.45) is 0. The molecule has 0 saturated heterocycles. The van der Waals surface area contributed by atoms with Gasteiger partial charge in [-0.25, -0.2) is 0 Å². The molecule has 0 fully saturated rings. The first-order valence-electron chi connectivity index (χ1n) is 3.87. The van der Waals surface area contributed by atoms with Crippen molar-refractivity contribution in [3.8, 4) is 0 Å². The van der Waals surface area contributed by atoms with Crippen LogP contribution < -0.4 is 16.1 Å². The van der Waals surface area contributed by atoms with Gasteiger partial charge in [0.2, 0.25) is 0 Å². The average Bonchev–Trinajstić information content (AvgIpc) is 2.41. The summed E-state index contributed by atoms with van der Waals surface area (Å²) in [5, 5.41) is 10.3. The van der Waals surface area contributed by atoms with Crippen molar-refractivity contribution < 1.29 is 0 Å². The van der Waals surface area contributed by atoms with Crippen LogP contribution in [0.2, 0.25) is 0 Å². The van der Waals surface area contributed by atoms with Crippen LogP contribution in [0, 0.1) is 6.92 Å². The van der Waals surface area contributed by atoms with Gasteiger partial charge >= 0.3 is 0 Å². The molecule has 1 rings (SSSR count). The summed E-state index contributed by atoms with van der Waals surface area (Å²) in [4.78, 5) is 1.70. The van der Waals surface area contributed by atoms with Crippen molar-refractivity contribution >= 4 is 11.6 Å². The van der Waals surface area contributed by atoms with E-state index in [0.717, 1.165) is 17.2 Å². The third-order valence-electron chi connectivity index (χ3n) is 1.81. The molecule has 5 heteroatoms. The predicted octanol–water partition coefficient (Wildman–Crippen LogP) is 0.448. The van der Waals surface area contributed by atoms with E-state index in [1.807, 2.05) is 28.1 Å². The third-order valence-corrected chi connectivity index (χ3v) is 1.81. The van der Waals surface area contributed by atoms with Gasteiger partial charge in [0.15, 0.2) is 11.6 Å². The van der Waals surface area contributed by atoms with E-state index in [1.54, 1.807) is 4.79 Å². The minimum atomic E-state index is 0.883. The highest BCUT2D eigenvalue weighted by Crippen LogP contribution is 2.20. The van der Waals surface area contributed by atoms with Crippen LogP contribution in [-0.4, -0.2) is 31.0 Å². The van der Waals surface area contributed by atoms with Gasteiger partial charge in [0, 0.05) is 26.7 Å². The first kappa shape index (κ1) is 8.70. The topological polar surface area (TPSA) is 53.9 Å². The van der Waals surface area contributed by atoms with Gasteiger partial charge in [0.25, 0.3) is 0 Å². The summed E-state index contributed by atoms with van der Waals surface area (Å²) in [5.74, 6) is 1.86. The van der Waals surface area contributed by atoms with Gasteiger partial charge in [-0.2, -0.15) is 4.79 Å². The monoisotopic (exact) mass is 169 g/mol. The number of anilines is 2. The number of hydrogen-bond donors (Lipinski definition) is 3. The Morgan fingerprint density at radius 3 is 2.17 bits per heavy atom. The molecular weight excluding hydrogens is 154 g/mol. The van der Waals surface area contributed by atoms with Crippen molar-refractivity contribution in [2.24, 2.45) is 0 Å². The van der Waals surface area contributed by atoms with Gasteiger partial charge in [-0.15, -0.1) is 5.10 Å². The Morgan fingerprint density at radius 2 is 1.83 bits per heavy atom. The van der Waals surface area contributed by atoms with E-state index < -0.39 is 0 Å². The lowest BCUT2D eigenvalue weighted by atomic mass is 10.3. The maximum absolute atomic E-state index is 4.25. The summed E-state index contributed by atoms with van der Waals surface area (Å²) in [6, 6.07) is 0. The Bertz CT molecular complexity index is 265. The van der Waals surface area contributed by atoms with Crippen LogP contribution in [0.3, 0.4) is 0 Å². The molecule has 0 unspecified atom stereocenters. The van der Waals surface area contributed by atoms with Crippen molar-refractivity contribution in [3.05, 3.63) is 5.56 Å². The van der Waals surface area contributed by atoms with Crippen molar-refractivity contribution in [3.63, 3.8) is 0 Å². The molecule has 3 N–H and O–H groups in total. The number of hydrogen-bond acceptors (Lipinski definition) is 4. The lowest BCUT2D eigenvalue weighted by molar-refractivity contribution is 0.791. The molecule has 0 aromatic carbocycles. The Balaban J connectivity index is 3.13. The van der Waals surface area contributed by atoms with E-state index in [9.17, 15) is 0 Å². The summed E-state index contributed by atoms with van der Waals surface area (Å²) in [5.41, 5.74) is 4.05. The largest absolute Gasteiger partial charge is 0.371 e. The molecule has 0 atom stereocenters. The van der Waals surface area contributed by atoms with Crippen molar-refractivity contribution in [1.82, 2.24) is 9.89 Å². The second kappa shape index (κ2) is 3.34. The third kappa shape index (κ3) is 1.17. The quantitative estimate of drug-likeness (QED) is 0.615. The molecule has 0 bridgehead atoms. The molecule has 1 heterocycles. The molecule has 0 aliphatic rings. The maximum Gasteiger partial charge on any atom is 0.155 e. The molecule has 0 aliphatic heterocycles. The van der Waals surface area contributed by atoms with Gasteiger partial charge in [-0.05, 0) is 6.92 Å². The Hall–Kier alpha value is -1.39. The number of aromatic nitrogens is 2. The molecule has 0 spiro atoms. The minimum absolute atomic E-state index is 0.883. The highest BCUT2D eigenvalue weighted by atomic mass is 15.6. The second-order valence-corrected chi connectivity index (χ2v) is 2.46. The van der Waals surface area contributed by atoms with Crippen LogP contribution in [0.15, 0.2) is 0 Å². The van der Waals surface area contributed by atoms with Gasteiger partial charge in [0.1, 0.15) is 0 Å². The molecule has 1 aromatic heterocycles. The van der Waals surface area contributed by atoms with Crippen LogP contribution in [0.5, 0.6) is 0 Å². The van der Waals surface area contributed by atoms with Gasteiger partial charge in [-0.1, -0.05) is 0 Å². The Morgan fingerprint density at radius 1 is 1.17 bits per heavy atom.